The second kappa shape index (κ2) is 2.83. The summed E-state index contributed by atoms with van der Waals surface area (Å²) in [4.78, 5) is 22.0. The zero-order valence-electron chi connectivity index (χ0n) is 7.48. The summed E-state index contributed by atoms with van der Waals surface area (Å²) in [5.41, 5.74) is 1.71. The van der Waals surface area contributed by atoms with Gasteiger partial charge >= 0.3 is 11.9 Å². The Bertz CT molecular complexity index is 422. The fourth-order valence-corrected chi connectivity index (χ4v) is 1.50. The van der Waals surface area contributed by atoms with Crippen LogP contribution in [-0.4, -0.2) is 17.0 Å². The fraction of sp³-hybridized carbons (Fsp3) is 0.200. The molecule has 1 atom stereocenters. The van der Waals surface area contributed by atoms with Crippen LogP contribution in [0.3, 0.4) is 0 Å². The van der Waals surface area contributed by atoms with E-state index in [2.05, 4.69) is 0 Å². The van der Waals surface area contributed by atoms with E-state index in [0.717, 1.165) is 5.56 Å². The van der Waals surface area contributed by atoms with Crippen LogP contribution in [0.25, 0.3) is 0 Å². The molecule has 0 spiro atoms. The van der Waals surface area contributed by atoms with Crippen LogP contribution in [-0.2, 0) is 9.53 Å². The molecule has 0 bridgehead atoms. The number of rotatable bonds is 1. The molecule has 72 valence electrons. The maximum absolute atomic E-state index is 11.2. The third-order valence-electron chi connectivity index (χ3n) is 2.16. The van der Waals surface area contributed by atoms with E-state index >= 15 is 0 Å². The molecule has 1 aliphatic heterocycles. The number of carboxylic acids is 1. The average molecular weight is 192 g/mol. The lowest BCUT2D eigenvalue weighted by atomic mass is 10.0. The summed E-state index contributed by atoms with van der Waals surface area (Å²) in [5, 5.41) is 8.79. The molecular formula is C10H8O4. The molecule has 2 rings (SSSR count). The minimum absolute atomic E-state index is 0.350. The van der Waals surface area contributed by atoms with Gasteiger partial charge in [0.25, 0.3) is 0 Å². The summed E-state index contributed by atoms with van der Waals surface area (Å²) in [7, 11) is 0. The van der Waals surface area contributed by atoms with Gasteiger partial charge in [0.15, 0.2) is 0 Å². The predicted octanol–water partition coefficient (Wildman–Crippen LogP) is 1.29. The van der Waals surface area contributed by atoms with E-state index in [0.29, 0.717) is 11.1 Å². The molecule has 0 saturated heterocycles. The number of hydrogen-bond acceptors (Lipinski definition) is 3. The molecule has 0 fully saturated rings. The summed E-state index contributed by atoms with van der Waals surface area (Å²) >= 11 is 0. The molecule has 1 heterocycles. The van der Waals surface area contributed by atoms with Crippen molar-refractivity contribution >= 4 is 11.9 Å². The molecule has 0 aromatic heterocycles. The SMILES string of the molecule is Cc1ccc2c(c1)C(C(=O)O)OC2=O. The number of carbonyl (C=O) groups is 2. The largest absolute Gasteiger partial charge is 0.478 e. The van der Waals surface area contributed by atoms with Crippen molar-refractivity contribution in [3.63, 3.8) is 0 Å². The number of hydrogen-bond donors (Lipinski definition) is 1. The van der Waals surface area contributed by atoms with E-state index in [1.807, 2.05) is 6.92 Å². The number of esters is 1. The second-order valence-corrected chi connectivity index (χ2v) is 3.21. The molecular weight excluding hydrogens is 184 g/mol. The quantitative estimate of drug-likeness (QED) is 0.681. The lowest BCUT2D eigenvalue weighted by molar-refractivity contribution is -0.146. The summed E-state index contributed by atoms with van der Waals surface area (Å²) < 4.78 is 4.71. The number of carboxylic acid groups (broad SMARTS) is 1. The summed E-state index contributed by atoms with van der Waals surface area (Å²) in [6, 6.07) is 5.01. The van der Waals surface area contributed by atoms with E-state index in [9.17, 15) is 9.59 Å². The van der Waals surface area contributed by atoms with Gasteiger partial charge in [-0.3, -0.25) is 0 Å². The van der Waals surface area contributed by atoms with Gasteiger partial charge in [0.05, 0.1) is 5.56 Å². The number of aryl methyl sites for hydroxylation is 1. The number of ether oxygens (including phenoxy) is 1. The molecule has 14 heavy (non-hydrogen) atoms. The van der Waals surface area contributed by atoms with E-state index in [-0.39, 0.29) is 0 Å². The first kappa shape index (κ1) is 8.74. The Morgan fingerprint density at radius 1 is 1.50 bits per heavy atom. The van der Waals surface area contributed by atoms with Crippen molar-refractivity contribution in [1.29, 1.82) is 0 Å². The lowest BCUT2D eigenvalue weighted by Gasteiger charge is -2.03. The highest BCUT2D eigenvalue weighted by Gasteiger charge is 2.35. The van der Waals surface area contributed by atoms with Crippen molar-refractivity contribution < 1.29 is 19.4 Å². The number of cyclic esters (lactones) is 1. The third kappa shape index (κ3) is 1.16. The molecule has 4 nitrogen and oxygen atoms in total. The van der Waals surface area contributed by atoms with Gasteiger partial charge < -0.3 is 9.84 Å². The van der Waals surface area contributed by atoms with Crippen LogP contribution in [0.15, 0.2) is 18.2 Å². The van der Waals surface area contributed by atoms with Crippen molar-refractivity contribution in [2.45, 2.75) is 13.0 Å². The Balaban J connectivity index is 2.56. The van der Waals surface area contributed by atoms with Crippen molar-refractivity contribution in [3.05, 3.63) is 34.9 Å². The molecule has 1 N–H and O–H groups in total. The van der Waals surface area contributed by atoms with Gasteiger partial charge in [-0.05, 0) is 13.0 Å². The topological polar surface area (TPSA) is 63.6 Å². The van der Waals surface area contributed by atoms with Crippen LogP contribution in [0.4, 0.5) is 0 Å². The average Bonchev–Trinajstić information content (AvgIpc) is 2.43. The van der Waals surface area contributed by atoms with Crippen molar-refractivity contribution in [3.8, 4) is 0 Å². The Hall–Kier alpha value is -1.84. The standard InChI is InChI=1S/C10H8O4/c1-5-2-3-6-7(4-5)8(9(11)12)14-10(6)13/h2-4,8H,1H3,(H,11,12). The summed E-state index contributed by atoms with van der Waals surface area (Å²) in [6.45, 7) is 1.84. The number of fused-ring (bicyclic) bond motifs is 1. The first-order valence-corrected chi connectivity index (χ1v) is 4.14. The molecule has 0 aliphatic carbocycles. The maximum atomic E-state index is 11.2. The lowest BCUT2D eigenvalue weighted by Crippen LogP contribution is -2.10. The van der Waals surface area contributed by atoms with Crippen LogP contribution in [0, 0.1) is 6.92 Å². The molecule has 1 aromatic carbocycles. The zero-order chi connectivity index (χ0) is 10.3. The Kier molecular flexibility index (Phi) is 1.77. The van der Waals surface area contributed by atoms with E-state index in [1.54, 1.807) is 18.2 Å². The van der Waals surface area contributed by atoms with Crippen molar-refractivity contribution in [2.24, 2.45) is 0 Å². The van der Waals surface area contributed by atoms with Gasteiger partial charge in [0.2, 0.25) is 6.10 Å². The van der Waals surface area contributed by atoms with Crippen molar-refractivity contribution in [2.75, 3.05) is 0 Å². The van der Waals surface area contributed by atoms with Gasteiger partial charge in [0, 0.05) is 5.56 Å². The fourth-order valence-electron chi connectivity index (χ4n) is 1.50. The van der Waals surface area contributed by atoms with Gasteiger partial charge in [-0.2, -0.15) is 0 Å². The predicted molar refractivity (Wildman–Crippen MR) is 47.0 cm³/mol. The summed E-state index contributed by atoms with van der Waals surface area (Å²) in [6.07, 6.45) is -1.14. The molecule has 0 radical (unpaired) electrons. The van der Waals surface area contributed by atoms with Crippen LogP contribution in [0.5, 0.6) is 0 Å². The number of aliphatic carboxylic acids is 1. The molecule has 0 amide bonds. The minimum Gasteiger partial charge on any atom is -0.478 e. The monoisotopic (exact) mass is 192 g/mol. The number of benzene rings is 1. The van der Waals surface area contributed by atoms with Crippen molar-refractivity contribution in [1.82, 2.24) is 0 Å². The Labute approximate surface area is 80.1 Å². The van der Waals surface area contributed by atoms with Crippen LogP contribution in [0.2, 0.25) is 0 Å². The first-order valence-electron chi connectivity index (χ1n) is 4.14. The zero-order valence-corrected chi connectivity index (χ0v) is 7.48. The molecule has 1 aliphatic rings. The molecule has 4 heteroatoms. The van der Waals surface area contributed by atoms with Crippen LogP contribution in [0.1, 0.15) is 27.6 Å². The second-order valence-electron chi connectivity index (χ2n) is 3.21. The maximum Gasteiger partial charge on any atom is 0.349 e. The van der Waals surface area contributed by atoms with Crippen LogP contribution >= 0.6 is 0 Å². The summed E-state index contributed by atoms with van der Waals surface area (Å²) in [5.74, 6) is -1.70. The molecule has 1 unspecified atom stereocenters. The normalized spacial score (nSPS) is 18.9. The highest BCUT2D eigenvalue weighted by Crippen LogP contribution is 2.31. The first-order chi connectivity index (χ1) is 6.59. The minimum atomic E-state index is -1.14. The van der Waals surface area contributed by atoms with Gasteiger partial charge in [-0.1, -0.05) is 17.7 Å². The third-order valence-corrected chi connectivity index (χ3v) is 2.16. The van der Waals surface area contributed by atoms with Gasteiger partial charge in [-0.15, -0.1) is 0 Å². The highest BCUT2D eigenvalue weighted by atomic mass is 16.6. The highest BCUT2D eigenvalue weighted by molar-refractivity contribution is 5.98. The Morgan fingerprint density at radius 2 is 2.21 bits per heavy atom. The van der Waals surface area contributed by atoms with Gasteiger partial charge in [0.1, 0.15) is 0 Å². The Morgan fingerprint density at radius 3 is 2.86 bits per heavy atom. The molecule has 1 aromatic rings. The van der Waals surface area contributed by atoms with Crippen LogP contribution < -0.4 is 0 Å². The van der Waals surface area contributed by atoms with E-state index in [4.69, 9.17) is 9.84 Å². The molecule has 0 saturated carbocycles. The van der Waals surface area contributed by atoms with Gasteiger partial charge in [-0.25, -0.2) is 9.59 Å². The number of carbonyl (C=O) groups excluding carboxylic acids is 1. The van der Waals surface area contributed by atoms with E-state index in [1.165, 1.54) is 0 Å². The smallest absolute Gasteiger partial charge is 0.349 e. The van der Waals surface area contributed by atoms with E-state index < -0.39 is 18.0 Å².